The van der Waals surface area contributed by atoms with Gasteiger partial charge in [-0.05, 0) is 19.4 Å². The predicted octanol–water partition coefficient (Wildman–Crippen LogP) is 1.51. The van der Waals surface area contributed by atoms with Crippen LogP contribution in [0.15, 0.2) is 0 Å². The van der Waals surface area contributed by atoms with E-state index in [1.165, 1.54) is 0 Å². The first-order valence-corrected chi connectivity index (χ1v) is 3.18. The third kappa shape index (κ3) is 2.11. The van der Waals surface area contributed by atoms with Crippen molar-refractivity contribution < 1.29 is 4.39 Å². The molecule has 0 aromatic rings. The Morgan fingerprint density at radius 1 is 1.44 bits per heavy atom. The van der Waals surface area contributed by atoms with Gasteiger partial charge < -0.3 is 5.73 Å². The average molecular weight is 154 g/mol. The van der Waals surface area contributed by atoms with Crippen molar-refractivity contribution in [2.45, 2.75) is 25.4 Å². The molecular weight excluding hydrogens is 141 g/mol. The standard InChI is InChI=1S/C6H12FN.ClH/c7-6-3-1-2-5(6)4-8;/h5-6H,1-4,8H2;1H/t5-,6-;/m0./s1. The predicted molar refractivity (Wildman–Crippen MR) is 38.5 cm³/mol. The van der Waals surface area contributed by atoms with E-state index in [2.05, 4.69) is 0 Å². The molecule has 0 aromatic heterocycles. The molecule has 0 aromatic carbocycles. The number of hydrogen-bond donors (Lipinski definition) is 1. The first-order valence-electron chi connectivity index (χ1n) is 3.18. The smallest absolute Gasteiger partial charge is 0.104 e. The van der Waals surface area contributed by atoms with Gasteiger partial charge in [-0.2, -0.15) is 0 Å². The third-order valence-electron chi connectivity index (χ3n) is 1.87. The van der Waals surface area contributed by atoms with E-state index in [0.717, 1.165) is 19.3 Å². The summed E-state index contributed by atoms with van der Waals surface area (Å²) in [7, 11) is 0. The summed E-state index contributed by atoms with van der Waals surface area (Å²) in [6, 6.07) is 0. The lowest BCUT2D eigenvalue weighted by Gasteiger charge is -2.06. The van der Waals surface area contributed by atoms with E-state index in [1.54, 1.807) is 0 Å². The lowest BCUT2D eigenvalue weighted by Crippen LogP contribution is -2.18. The van der Waals surface area contributed by atoms with Gasteiger partial charge in [0.15, 0.2) is 0 Å². The molecule has 1 fully saturated rings. The highest BCUT2D eigenvalue weighted by atomic mass is 35.5. The number of halogens is 2. The summed E-state index contributed by atoms with van der Waals surface area (Å²) in [5.74, 6) is 0.176. The van der Waals surface area contributed by atoms with E-state index in [0.29, 0.717) is 6.54 Å². The molecule has 1 aliphatic carbocycles. The van der Waals surface area contributed by atoms with Gasteiger partial charge in [-0.3, -0.25) is 0 Å². The zero-order valence-corrected chi connectivity index (χ0v) is 6.16. The van der Waals surface area contributed by atoms with E-state index >= 15 is 0 Å². The summed E-state index contributed by atoms with van der Waals surface area (Å²) in [4.78, 5) is 0. The summed E-state index contributed by atoms with van der Waals surface area (Å²) in [5.41, 5.74) is 5.28. The Balaban J connectivity index is 0.000000640. The van der Waals surface area contributed by atoms with Crippen LogP contribution in [0.3, 0.4) is 0 Å². The van der Waals surface area contributed by atoms with Crippen LogP contribution in [0.5, 0.6) is 0 Å². The van der Waals surface area contributed by atoms with Crippen molar-refractivity contribution in [2.24, 2.45) is 11.7 Å². The fourth-order valence-electron chi connectivity index (χ4n) is 1.26. The topological polar surface area (TPSA) is 26.0 Å². The quantitative estimate of drug-likeness (QED) is 0.607. The Labute approximate surface area is 61.2 Å². The van der Waals surface area contributed by atoms with E-state index < -0.39 is 6.17 Å². The molecule has 2 atom stereocenters. The molecule has 2 N–H and O–H groups in total. The van der Waals surface area contributed by atoms with E-state index in [4.69, 9.17) is 5.73 Å². The van der Waals surface area contributed by atoms with E-state index in [-0.39, 0.29) is 18.3 Å². The molecule has 0 aliphatic heterocycles. The van der Waals surface area contributed by atoms with Gasteiger partial charge in [-0.1, -0.05) is 6.42 Å². The molecule has 3 heteroatoms. The van der Waals surface area contributed by atoms with Crippen LogP contribution in [-0.4, -0.2) is 12.7 Å². The van der Waals surface area contributed by atoms with Gasteiger partial charge in [0.2, 0.25) is 0 Å². The van der Waals surface area contributed by atoms with E-state index in [1.807, 2.05) is 0 Å². The van der Waals surface area contributed by atoms with Gasteiger partial charge >= 0.3 is 0 Å². The van der Waals surface area contributed by atoms with Gasteiger partial charge in [-0.15, -0.1) is 12.4 Å². The van der Waals surface area contributed by atoms with Crippen molar-refractivity contribution in [2.75, 3.05) is 6.54 Å². The van der Waals surface area contributed by atoms with Crippen molar-refractivity contribution in [1.82, 2.24) is 0 Å². The maximum absolute atomic E-state index is 12.5. The van der Waals surface area contributed by atoms with Gasteiger partial charge in [0, 0.05) is 5.92 Å². The van der Waals surface area contributed by atoms with Crippen molar-refractivity contribution in [3.8, 4) is 0 Å². The number of hydrogen-bond acceptors (Lipinski definition) is 1. The highest BCUT2D eigenvalue weighted by Gasteiger charge is 2.24. The largest absolute Gasteiger partial charge is 0.330 e. The molecule has 0 radical (unpaired) electrons. The Bertz CT molecular complexity index is 79.5. The third-order valence-corrected chi connectivity index (χ3v) is 1.87. The molecule has 1 aliphatic rings. The molecule has 9 heavy (non-hydrogen) atoms. The molecule has 1 rings (SSSR count). The SMILES string of the molecule is Cl.NC[C@@H]1CCC[C@@H]1F. The minimum atomic E-state index is -0.597. The maximum Gasteiger partial charge on any atom is 0.104 e. The second-order valence-corrected chi connectivity index (χ2v) is 2.44. The monoisotopic (exact) mass is 153 g/mol. The minimum absolute atomic E-state index is 0. The van der Waals surface area contributed by atoms with Crippen LogP contribution in [-0.2, 0) is 0 Å². The first-order chi connectivity index (χ1) is 3.84. The second-order valence-electron chi connectivity index (χ2n) is 2.44. The second kappa shape index (κ2) is 4.07. The zero-order valence-electron chi connectivity index (χ0n) is 5.35. The maximum atomic E-state index is 12.5. The Morgan fingerprint density at radius 2 is 2.11 bits per heavy atom. The molecule has 1 saturated carbocycles. The fraction of sp³-hybridized carbons (Fsp3) is 1.00. The lowest BCUT2D eigenvalue weighted by molar-refractivity contribution is 0.268. The van der Waals surface area contributed by atoms with Crippen LogP contribution in [0.1, 0.15) is 19.3 Å². The Morgan fingerprint density at radius 3 is 2.33 bits per heavy atom. The summed E-state index contributed by atoms with van der Waals surface area (Å²) < 4.78 is 12.5. The summed E-state index contributed by atoms with van der Waals surface area (Å²) in [6.07, 6.45) is 2.17. The molecule has 0 amide bonds. The van der Waals surface area contributed by atoms with Crippen molar-refractivity contribution >= 4 is 12.4 Å². The van der Waals surface area contributed by atoms with Gasteiger partial charge in [0.05, 0.1) is 0 Å². The first kappa shape index (κ1) is 9.18. The minimum Gasteiger partial charge on any atom is -0.330 e. The Hall–Kier alpha value is 0.180. The van der Waals surface area contributed by atoms with Gasteiger partial charge in [0.1, 0.15) is 6.17 Å². The molecule has 0 spiro atoms. The normalized spacial score (nSPS) is 34.0. The lowest BCUT2D eigenvalue weighted by atomic mass is 10.1. The van der Waals surface area contributed by atoms with Crippen molar-refractivity contribution in [3.05, 3.63) is 0 Å². The molecule has 0 bridgehead atoms. The van der Waals surface area contributed by atoms with Crippen LogP contribution in [0.25, 0.3) is 0 Å². The molecule has 0 saturated heterocycles. The van der Waals surface area contributed by atoms with Crippen LogP contribution in [0.4, 0.5) is 4.39 Å². The summed E-state index contributed by atoms with van der Waals surface area (Å²) in [5, 5.41) is 0. The Kier molecular flexibility index (Phi) is 4.15. The highest BCUT2D eigenvalue weighted by Crippen LogP contribution is 2.26. The summed E-state index contributed by atoms with van der Waals surface area (Å²) in [6.45, 7) is 0.529. The van der Waals surface area contributed by atoms with Crippen LogP contribution in [0.2, 0.25) is 0 Å². The average Bonchev–Trinajstić information content (AvgIpc) is 2.14. The van der Waals surface area contributed by atoms with E-state index in [9.17, 15) is 4.39 Å². The van der Waals surface area contributed by atoms with Crippen LogP contribution < -0.4 is 5.73 Å². The molecule has 1 nitrogen and oxygen atoms in total. The number of alkyl halides is 1. The highest BCUT2D eigenvalue weighted by molar-refractivity contribution is 5.85. The van der Waals surface area contributed by atoms with Crippen molar-refractivity contribution in [3.63, 3.8) is 0 Å². The summed E-state index contributed by atoms with van der Waals surface area (Å²) >= 11 is 0. The molecular formula is C6H13ClFN. The number of rotatable bonds is 1. The zero-order chi connectivity index (χ0) is 5.98. The van der Waals surface area contributed by atoms with Crippen molar-refractivity contribution in [1.29, 1.82) is 0 Å². The van der Waals surface area contributed by atoms with Gasteiger partial charge in [0.25, 0.3) is 0 Å². The van der Waals surface area contributed by atoms with Crippen LogP contribution in [0, 0.1) is 5.92 Å². The fourth-order valence-corrected chi connectivity index (χ4v) is 1.26. The molecule has 0 unspecified atom stereocenters. The van der Waals surface area contributed by atoms with Crippen LogP contribution >= 0.6 is 12.4 Å². The molecule has 0 heterocycles. The molecule has 56 valence electrons. The van der Waals surface area contributed by atoms with Gasteiger partial charge in [-0.25, -0.2) is 4.39 Å². The number of nitrogens with two attached hydrogens (primary N) is 1.